The number of thiocarbonyl (C=S) groups is 1. The van der Waals surface area contributed by atoms with E-state index in [1.165, 1.54) is 0 Å². The van der Waals surface area contributed by atoms with Gasteiger partial charge in [-0.15, -0.1) is 0 Å². The molecule has 0 aliphatic rings. The van der Waals surface area contributed by atoms with E-state index in [1.807, 2.05) is 12.1 Å². The van der Waals surface area contributed by atoms with Gasteiger partial charge in [-0.3, -0.25) is 10.2 Å². The molecule has 4 N–H and O–H groups in total. The molecule has 0 fully saturated rings. The molecule has 2 aromatic rings. The Hall–Kier alpha value is -3.03. The van der Waals surface area contributed by atoms with Gasteiger partial charge in [0, 0.05) is 17.5 Å². The molecule has 9 heteroatoms. The van der Waals surface area contributed by atoms with Gasteiger partial charge < -0.3 is 20.2 Å². The number of hydrogen-bond donors (Lipinski definition) is 3. The number of isothiocyanates is 1. The fraction of sp³-hybridized carbons (Fsp3) is 0.368. The van der Waals surface area contributed by atoms with Crippen LogP contribution < -0.4 is 16.7 Å². The van der Waals surface area contributed by atoms with E-state index >= 15 is 0 Å². The van der Waals surface area contributed by atoms with Gasteiger partial charge in [0.1, 0.15) is 5.58 Å². The minimum atomic E-state index is -0.506. The summed E-state index contributed by atoms with van der Waals surface area (Å²) in [6.45, 7) is 2.18. The molecule has 148 valence electrons. The monoisotopic (exact) mass is 402 g/mol. The maximum Gasteiger partial charge on any atom is 0.339 e. The van der Waals surface area contributed by atoms with Gasteiger partial charge in [-0.2, -0.15) is 0 Å². The zero-order valence-electron chi connectivity index (χ0n) is 15.5. The van der Waals surface area contributed by atoms with Gasteiger partial charge in [0.05, 0.1) is 11.6 Å². The molecule has 0 bridgehead atoms. The number of hydrogen-bond acceptors (Lipinski definition) is 7. The Morgan fingerprint density at radius 2 is 2.25 bits per heavy atom. The summed E-state index contributed by atoms with van der Waals surface area (Å²) in [7, 11) is 0. The lowest BCUT2D eigenvalue weighted by Crippen LogP contribution is -2.33. The Bertz CT molecular complexity index is 966. The second-order valence-electron chi connectivity index (χ2n) is 6.29. The average Bonchev–Trinajstić information content (AvgIpc) is 2.64. The second kappa shape index (κ2) is 10.3. The highest BCUT2D eigenvalue weighted by Crippen LogP contribution is 2.22. The van der Waals surface area contributed by atoms with Crippen LogP contribution in [0.25, 0.3) is 11.0 Å². The van der Waals surface area contributed by atoms with Gasteiger partial charge >= 0.3 is 11.6 Å². The first-order chi connectivity index (χ1) is 13.4. The van der Waals surface area contributed by atoms with Crippen molar-refractivity contribution in [3.63, 3.8) is 0 Å². The number of carbonyl (C=O) groups excluding carboxylic acids is 1. The van der Waals surface area contributed by atoms with E-state index in [2.05, 4.69) is 27.7 Å². The van der Waals surface area contributed by atoms with Crippen LogP contribution in [0.1, 0.15) is 36.8 Å². The number of rotatable bonds is 9. The largest absolute Gasteiger partial charge is 0.444 e. The van der Waals surface area contributed by atoms with Crippen LogP contribution in [-0.4, -0.2) is 30.4 Å². The highest BCUT2D eigenvalue weighted by atomic mass is 32.1. The molecule has 0 radical (unpaired) electrons. The van der Waals surface area contributed by atoms with E-state index in [1.54, 1.807) is 19.1 Å². The van der Waals surface area contributed by atoms with Crippen molar-refractivity contribution in [2.24, 2.45) is 10.7 Å². The summed E-state index contributed by atoms with van der Waals surface area (Å²) in [5, 5.41) is 12.5. The SMILES string of the molecule is CC(CC(=O)OCNC(=N)N)c1cc2cc(CCCN=C=S)ccc2oc1=O. The maximum atomic E-state index is 12.3. The lowest BCUT2D eigenvalue weighted by Gasteiger charge is -2.12. The molecule has 2 rings (SSSR count). The summed E-state index contributed by atoms with van der Waals surface area (Å²) in [5.74, 6) is -1.18. The Morgan fingerprint density at radius 1 is 1.46 bits per heavy atom. The molecular weight excluding hydrogens is 380 g/mol. The van der Waals surface area contributed by atoms with Crippen LogP contribution in [0.5, 0.6) is 0 Å². The molecule has 1 aromatic carbocycles. The van der Waals surface area contributed by atoms with Crippen LogP contribution in [0, 0.1) is 5.41 Å². The van der Waals surface area contributed by atoms with Crippen LogP contribution >= 0.6 is 12.2 Å². The van der Waals surface area contributed by atoms with Crippen molar-refractivity contribution >= 4 is 40.3 Å². The summed E-state index contributed by atoms with van der Waals surface area (Å²) in [6.07, 6.45) is 1.66. The summed E-state index contributed by atoms with van der Waals surface area (Å²) in [4.78, 5) is 28.1. The van der Waals surface area contributed by atoms with Gasteiger partial charge in [-0.25, -0.2) is 9.79 Å². The predicted molar refractivity (Wildman–Crippen MR) is 110 cm³/mol. The van der Waals surface area contributed by atoms with Crippen LogP contribution in [-0.2, 0) is 16.0 Å². The molecule has 0 amide bonds. The number of aliphatic imine (C=N–C) groups is 1. The number of carbonyl (C=O) groups is 1. The van der Waals surface area contributed by atoms with E-state index in [-0.39, 0.29) is 25.0 Å². The standard InChI is InChI=1S/C19H22N4O4S/c1-12(7-17(24)26-10-23-19(20)21)15-9-14-8-13(3-2-6-22-11-28)4-5-16(14)27-18(15)25/h4-5,8-9,12H,2-3,6-7,10H2,1H3,(H4,20,21,23). The molecule has 0 saturated carbocycles. The van der Waals surface area contributed by atoms with Gasteiger partial charge in [-0.05, 0) is 54.7 Å². The number of esters is 1. The fourth-order valence-corrected chi connectivity index (χ4v) is 2.80. The second-order valence-corrected chi connectivity index (χ2v) is 6.48. The smallest absolute Gasteiger partial charge is 0.339 e. The number of nitrogens with two attached hydrogens (primary N) is 1. The minimum absolute atomic E-state index is 0.00508. The topological polar surface area (TPSA) is 131 Å². The lowest BCUT2D eigenvalue weighted by molar-refractivity contribution is -0.144. The first-order valence-corrected chi connectivity index (χ1v) is 9.15. The van der Waals surface area contributed by atoms with E-state index in [9.17, 15) is 9.59 Å². The van der Waals surface area contributed by atoms with Crippen molar-refractivity contribution in [2.45, 2.75) is 32.1 Å². The quantitative estimate of drug-likeness (QED) is 0.112. The number of aryl methyl sites for hydroxylation is 1. The summed E-state index contributed by atoms with van der Waals surface area (Å²) >= 11 is 4.55. The molecule has 1 atom stereocenters. The molecular formula is C19H22N4O4S. The van der Waals surface area contributed by atoms with Gasteiger partial charge in [0.2, 0.25) is 0 Å². The number of fused-ring (bicyclic) bond motifs is 1. The van der Waals surface area contributed by atoms with Gasteiger partial charge in [0.25, 0.3) is 0 Å². The van der Waals surface area contributed by atoms with Crippen molar-refractivity contribution in [3.8, 4) is 0 Å². The third-order valence-corrected chi connectivity index (χ3v) is 4.25. The van der Waals surface area contributed by atoms with E-state index in [0.717, 1.165) is 23.8 Å². The number of ether oxygens (including phenoxy) is 1. The Morgan fingerprint density at radius 3 is 2.96 bits per heavy atom. The zero-order chi connectivity index (χ0) is 20.5. The molecule has 0 saturated heterocycles. The normalized spacial score (nSPS) is 11.5. The van der Waals surface area contributed by atoms with Crippen LogP contribution in [0.3, 0.4) is 0 Å². The fourth-order valence-electron chi connectivity index (χ4n) is 2.71. The van der Waals surface area contributed by atoms with Gasteiger partial charge in [-0.1, -0.05) is 13.0 Å². The van der Waals surface area contributed by atoms with Crippen molar-refractivity contribution in [1.29, 1.82) is 5.41 Å². The van der Waals surface area contributed by atoms with Crippen LogP contribution in [0.2, 0.25) is 0 Å². The molecule has 0 spiro atoms. The van der Waals surface area contributed by atoms with Gasteiger partial charge in [0.15, 0.2) is 12.7 Å². The van der Waals surface area contributed by atoms with Crippen LogP contribution in [0.4, 0.5) is 0 Å². The molecule has 1 unspecified atom stereocenters. The average molecular weight is 402 g/mol. The lowest BCUT2D eigenvalue weighted by atomic mass is 9.97. The van der Waals surface area contributed by atoms with Crippen LogP contribution in [0.15, 0.2) is 38.5 Å². The van der Waals surface area contributed by atoms with Crippen molar-refractivity contribution in [1.82, 2.24) is 5.32 Å². The Labute approximate surface area is 167 Å². The first-order valence-electron chi connectivity index (χ1n) is 8.74. The first kappa shape index (κ1) is 21.3. The Kier molecular flexibility index (Phi) is 7.86. The number of nitrogens with zero attached hydrogens (tertiary/aromatic N) is 1. The molecule has 0 aliphatic carbocycles. The summed E-state index contributed by atoms with van der Waals surface area (Å²) < 4.78 is 10.3. The maximum absolute atomic E-state index is 12.3. The number of guanidine groups is 1. The zero-order valence-corrected chi connectivity index (χ0v) is 16.3. The van der Waals surface area contributed by atoms with E-state index in [0.29, 0.717) is 17.7 Å². The van der Waals surface area contributed by atoms with Crippen molar-refractivity contribution in [3.05, 3.63) is 45.8 Å². The third kappa shape index (κ3) is 6.29. The highest BCUT2D eigenvalue weighted by Gasteiger charge is 2.17. The third-order valence-electron chi connectivity index (χ3n) is 4.12. The van der Waals surface area contributed by atoms with Crippen molar-refractivity contribution < 1.29 is 13.9 Å². The highest BCUT2D eigenvalue weighted by molar-refractivity contribution is 7.78. The molecule has 8 nitrogen and oxygen atoms in total. The predicted octanol–water partition coefficient (Wildman–Crippen LogP) is 2.31. The number of benzene rings is 1. The molecule has 1 heterocycles. The van der Waals surface area contributed by atoms with Crippen molar-refractivity contribution in [2.75, 3.05) is 13.3 Å². The Balaban J connectivity index is 2.11. The summed E-state index contributed by atoms with van der Waals surface area (Å²) in [6, 6.07) is 7.40. The van der Waals surface area contributed by atoms with E-state index < -0.39 is 11.6 Å². The molecule has 0 aliphatic heterocycles. The minimum Gasteiger partial charge on any atom is -0.444 e. The number of nitrogens with one attached hydrogen (secondary N) is 2. The van der Waals surface area contributed by atoms with E-state index in [4.69, 9.17) is 20.3 Å². The molecule has 1 aromatic heterocycles. The molecule has 28 heavy (non-hydrogen) atoms. The summed E-state index contributed by atoms with van der Waals surface area (Å²) in [5.41, 5.74) is 6.64.